The van der Waals surface area contributed by atoms with Gasteiger partial charge in [0, 0.05) is 16.7 Å². The highest BCUT2D eigenvalue weighted by atomic mass is 16.9. The van der Waals surface area contributed by atoms with Crippen molar-refractivity contribution in [3.63, 3.8) is 0 Å². The van der Waals surface area contributed by atoms with E-state index in [-0.39, 0.29) is 0 Å². The second-order valence-corrected chi connectivity index (χ2v) is 5.54. The number of benzene rings is 3. The monoisotopic (exact) mass is 320 g/mol. The van der Waals surface area contributed by atoms with Gasteiger partial charge in [0.2, 0.25) is 5.54 Å². The molecule has 0 aromatic heterocycles. The van der Waals surface area contributed by atoms with Gasteiger partial charge in [-0.2, -0.15) is 9.68 Å². The van der Waals surface area contributed by atoms with Gasteiger partial charge in [-0.15, -0.1) is 0 Å². The summed E-state index contributed by atoms with van der Waals surface area (Å²) in [5.74, 6) is 0. The molecule has 0 saturated carbocycles. The van der Waals surface area contributed by atoms with Crippen LogP contribution in [0, 0.1) is 0 Å². The lowest BCUT2D eigenvalue weighted by molar-refractivity contribution is -1.27. The van der Waals surface area contributed by atoms with Crippen LogP contribution in [0.3, 0.4) is 0 Å². The Morgan fingerprint density at radius 2 is 0.833 bits per heavy atom. The van der Waals surface area contributed by atoms with E-state index in [0.717, 1.165) is 16.7 Å². The molecule has 0 bridgehead atoms. The zero-order chi connectivity index (χ0) is 16.8. The van der Waals surface area contributed by atoms with Crippen LogP contribution in [-0.4, -0.2) is 14.2 Å². The molecule has 0 amide bonds. The number of hydrogen-bond acceptors (Lipinski definition) is 2. The predicted molar refractivity (Wildman–Crippen MR) is 94.2 cm³/mol. The lowest BCUT2D eigenvalue weighted by Crippen LogP contribution is -3.17. The number of hydroxylamine groups is 2. The Morgan fingerprint density at radius 3 is 1.08 bits per heavy atom. The molecular weight excluding hydrogens is 298 g/mol. The number of hydrogen-bond donors (Lipinski definition) is 1. The van der Waals surface area contributed by atoms with Crippen LogP contribution >= 0.6 is 0 Å². The molecule has 3 heteroatoms. The summed E-state index contributed by atoms with van der Waals surface area (Å²) < 4.78 is 0. The number of quaternary nitrogens is 1. The molecule has 0 unspecified atom stereocenters. The van der Waals surface area contributed by atoms with Crippen LogP contribution in [0.2, 0.25) is 0 Å². The summed E-state index contributed by atoms with van der Waals surface area (Å²) in [4.78, 5) is 11.4. The maximum absolute atomic E-state index is 5.72. The van der Waals surface area contributed by atoms with Crippen molar-refractivity contribution in [1.82, 2.24) is 0 Å². The zero-order valence-corrected chi connectivity index (χ0v) is 14.0. The minimum atomic E-state index is -0.632. The van der Waals surface area contributed by atoms with E-state index in [1.807, 2.05) is 54.6 Å². The smallest absolute Gasteiger partial charge is 0.172 e. The molecule has 0 spiro atoms. The normalized spacial score (nSPS) is 11.6. The first-order chi connectivity index (χ1) is 11.8. The lowest BCUT2D eigenvalue weighted by atomic mass is 9.77. The molecule has 0 atom stereocenters. The van der Waals surface area contributed by atoms with Crippen molar-refractivity contribution >= 4 is 0 Å². The van der Waals surface area contributed by atoms with Crippen molar-refractivity contribution in [2.45, 2.75) is 5.54 Å². The standard InChI is InChI=1S/C21H21NO2/c1-23-22(24-2)21(18-12-6-3-7-13-18,19-14-8-4-9-15-19)20-16-10-5-11-17-20/h3-17H,1-2H3/p+1. The van der Waals surface area contributed by atoms with E-state index in [0.29, 0.717) is 5.23 Å². The first kappa shape index (κ1) is 16.4. The second kappa shape index (κ2) is 7.41. The van der Waals surface area contributed by atoms with Gasteiger partial charge in [-0.05, 0) is 5.23 Å². The third-order valence-corrected chi connectivity index (χ3v) is 4.30. The van der Waals surface area contributed by atoms with Gasteiger partial charge in [0.25, 0.3) is 0 Å². The van der Waals surface area contributed by atoms with Crippen molar-refractivity contribution in [3.05, 3.63) is 108 Å². The molecule has 1 N–H and O–H groups in total. The van der Waals surface area contributed by atoms with Crippen molar-refractivity contribution < 1.29 is 14.9 Å². The van der Waals surface area contributed by atoms with E-state index in [1.54, 1.807) is 14.2 Å². The fourth-order valence-electron chi connectivity index (χ4n) is 3.31. The number of nitrogens with one attached hydrogen (secondary N) is 1. The molecule has 122 valence electrons. The summed E-state index contributed by atoms with van der Waals surface area (Å²) in [6.45, 7) is 0. The highest BCUT2D eigenvalue weighted by Gasteiger charge is 2.49. The third kappa shape index (κ3) is 2.74. The Bertz CT molecular complexity index is 644. The van der Waals surface area contributed by atoms with E-state index in [1.165, 1.54) is 0 Å². The van der Waals surface area contributed by atoms with E-state index in [9.17, 15) is 0 Å². The molecule has 0 aliphatic heterocycles. The fraction of sp³-hybridized carbons (Fsp3) is 0.143. The van der Waals surface area contributed by atoms with Gasteiger partial charge in [-0.3, -0.25) is 0 Å². The van der Waals surface area contributed by atoms with E-state index in [4.69, 9.17) is 9.68 Å². The summed E-state index contributed by atoms with van der Waals surface area (Å²) in [5, 5.41) is 0.547. The summed E-state index contributed by atoms with van der Waals surface area (Å²) in [5.41, 5.74) is 2.66. The van der Waals surface area contributed by atoms with Gasteiger partial charge in [0.1, 0.15) is 0 Å². The topological polar surface area (TPSA) is 22.9 Å². The molecular formula is C21H22NO2+. The maximum atomic E-state index is 5.72. The average Bonchev–Trinajstić information content (AvgIpc) is 2.68. The number of rotatable bonds is 6. The van der Waals surface area contributed by atoms with Crippen molar-refractivity contribution in [2.24, 2.45) is 0 Å². The first-order valence-electron chi connectivity index (χ1n) is 7.96. The van der Waals surface area contributed by atoms with Crippen molar-refractivity contribution in [1.29, 1.82) is 0 Å². The molecule has 0 saturated heterocycles. The Balaban J connectivity index is 2.37. The summed E-state index contributed by atoms with van der Waals surface area (Å²) in [6.07, 6.45) is 0. The second-order valence-electron chi connectivity index (χ2n) is 5.54. The molecule has 3 aromatic rings. The summed E-state index contributed by atoms with van der Waals surface area (Å²) >= 11 is 0. The Labute approximate surface area is 143 Å². The molecule has 3 aromatic carbocycles. The Kier molecular flexibility index (Phi) is 5.06. The van der Waals surface area contributed by atoms with Crippen LogP contribution in [0.25, 0.3) is 0 Å². The molecule has 3 nitrogen and oxygen atoms in total. The van der Waals surface area contributed by atoms with Crippen molar-refractivity contribution in [3.8, 4) is 0 Å². The van der Waals surface area contributed by atoms with E-state index in [2.05, 4.69) is 36.4 Å². The molecule has 0 heterocycles. The van der Waals surface area contributed by atoms with Crippen LogP contribution in [0.1, 0.15) is 16.7 Å². The Morgan fingerprint density at radius 1 is 0.542 bits per heavy atom. The van der Waals surface area contributed by atoms with E-state index < -0.39 is 5.54 Å². The summed E-state index contributed by atoms with van der Waals surface area (Å²) in [6, 6.07) is 31.0. The molecule has 0 aliphatic carbocycles. The molecule has 3 rings (SSSR count). The molecule has 0 radical (unpaired) electrons. The predicted octanol–water partition coefficient (Wildman–Crippen LogP) is 2.99. The molecule has 24 heavy (non-hydrogen) atoms. The van der Waals surface area contributed by atoms with Gasteiger partial charge in [-0.1, -0.05) is 91.0 Å². The van der Waals surface area contributed by atoms with Crippen LogP contribution < -0.4 is 5.23 Å². The fourth-order valence-corrected chi connectivity index (χ4v) is 3.31. The summed E-state index contributed by atoms with van der Waals surface area (Å²) in [7, 11) is 3.31. The van der Waals surface area contributed by atoms with Crippen LogP contribution in [0.5, 0.6) is 0 Å². The van der Waals surface area contributed by atoms with Gasteiger partial charge in [0.15, 0.2) is 0 Å². The van der Waals surface area contributed by atoms with Gasteiger partial charge in [-0.25, -0.2) is 0 Å². The quantitative estimate of drug-likeness (QED) is 0.557. The first-order valence-corrected chi connectivity index (χ1v) is 7.96. The largest absolute Gasteiger partial charge is 0.235 e. The maximum Gasteiger partial charge on any atom is 0.235 e. The highest BCUT2D eigenvalue weighted by Crippen LogP contribution is 2.33. The SMILES string of the molecule is CO[NH+](OC)C(c1ccccc1)(c1ccccc1)c1ccccc1. The molecule has 0 aliphatic rings. The minimum Gasteiger partial charge on any atom is -0.172 e. The average molecular weight is 320 g/mol. The minimum absolute atomic E-state index is 0.547. The van der Waals surface area contributed by atoms with Gasteiger partial charge < -0.3 is 0 Å². The van der Waals surface area contributed by atoms with Gasteiger partial charge in [0.05, 0.1) is 14.2 Å². The van der Waals surface area contributed by atoms with Crippen LogP contribution in [0.4, 0.5) is 0 Å². The van der Waals surface area contributed by atoms with E-state index >= 15 is 0 Å². The highest BCUT2D eigenvalue weighted by molar-refractivity contribution is 5.46. The van der Waals surface area contributed by atoms with Crippen LogP contribution in [0.15, 0.2) is 91.0 Å². The van der Waals surface area contributed by atoms with Crippen molar-refractivity contribution in [2.75, 3.05) is 14.2 Å². The zero-order valence-electron chi connectivity index (χ0n) is 14.0. The lowest BCUT2D eigenvalue weighted by Gasteiger charge is -2.36. The Hall–Kier alpha value is -2.46. The van der Waals surface area contributed by atoms with Gasteiger partial charge >= 0.3 is 0 Å². The molecule has 0 fully saturated rings. The third-order valence-electron chi connectivity index (χ3n) is 4.30. The van der Waals surface area contributed by atoms with Crippen LogP contribution in [-0.2, 0) is 15.2 Å².